The maximum absolute atomic E-state index is 12.8. The van der Waals surface area contributed by atoms with E-state index < -0.39 is 0 Å². The number of rotatable bonds is 9. The second kappa shape index (κ2) is 9.98. The number of nitrogens with one attached hydrogen (secondary N) is 2. The summed E-state index contributed by atoms with van der Waals surface area (Å²) < 4.78 is 6.01. The van der Waals surface area contributed by atoms with Gasteiger partial charge in [-0.25, -0.2) is 0 Å². The van der Waals surface area contributed by atoms with Crippen molar-refractivity contribution in [3.8, 4) is 0 Å². The minimum absolute atomic E-state index is 0.0100. The van der Waals surface area contributed by atoms with Gasteiger partial charge in [-0.1, -0.05) is 36.4 Å². The molecule has 1 aromatic heterocycles. The summed E-state index contributed by atoms with van der Waals surface area (Å²) in [4.78, 5) is 26.0. The molecule has 2 atom stereocenters. The summed E-state index contributed by atoms with van der Waals surface area (Å²) in [5.74, 6) is 0.162. The van der Waals surface area contributed by atoms with Crippen LogP contribution in [0.1, 0.15) is 69.2 Å². The van der Waals surface area contributed by atoms with Gasteiger partial charge in [-0.05, 0) is 63.0 Å². The predicted octanol–water partition coefficient (Wildman–Crippen LogP) is 4.75. The first kappa shape index (κ1) is 24.0. The Morgan fingerprint density at radius 2 is 1.94 bits per heavy atom. The molecule has 2 aromatic rings. The molecule has 2 saturated heterocycles. The molecule has 0 spiro atoms. The van der Waals surface area contributed by atoms with Crippen molar-refractivity contribution in [2.75, 3.05) is 13.2 Å². The lowest BCUT2D eigenvalue weighted by atomic mass is 9.67. The van der Waals surface area contributed by atoms with E-state index in [1.807, 2.05) is 6.07 Å². The largest absolute Gasteiger partial charge is 0.376 e. The molecule has 6 heteroatoms. The number of thiophene rings is 1. The van der Waals surface area contributed by atoms with Gasteiger partial charge in [0.15, 0.2) is 0 Å². The molecule has 3 heterocycles. The lowest BCUT2D eigenvalue weighted by Gasteiger charge is -2.45. The SMILES string of the molecule is CC1(C)C[C@](CCNC(=O)CC[C@@]2(Cc3cccs3)CCC(=O)N2)(c2ccccc2)CCO1. The number of hydrogen-bond acceptors (Lipinski definition) is 4. The molecule has 0 saturated carbocycles. The van der Waals surface area contributed by atoms with Crippen LogP contribution in [0.15, 0.2) is 47.8 Å². The zero-order valence-corrected chi connectivity index (χ0v) is 20.6. The molecule has 2 amide bonds. The molecule has 4 rings (SSSR count). The lowest BCUT2D eigenvalue weighted by Crippen LogP contribution is -2.46. The standard InChI is InChI=1S/C27H36N2O3S/c1-25(2)20-26(15-17-32-25,21-7-4-3-5-8-21)14-16-28-23(30)10-12-27(13-11-24(31)29-27)19-22-9-6-18-33-22/h3-9,18H,10-17,19-20H2,1-2H3,(H,28,30)(H,29,31)/t26-,27+/m1/s1. The van der Waals surface area contributed by atoms with Crippen molar-refractivity contribution < 1.29 is 14.3 Å². The van der Waals surface area contributed by atoms with E-state index in [1.165, 1.54) is 10.4 Å². The maximum Gasteiger partial charge on any atom is 0.220 e. The van der Waals surface area contributed by atoms with Gasteiger partial charge in [-0.3, -0.25) is 9.59 Å². The van der Waals surface area contributed by atoms with E-state index in [0.29, 0.717) is 25.8 Å². The molecule has 0 radical (unpaired) electrons. The third kappa shape index (κ3) is 6.04. The van der Waals surface area contributed by atoms with Crippen LogP contribution in [0.2, 0.25) is 0 Å². The maximum atomic E-state index is 12.8. The van der Waals surface area contributed by atoms with Crippen LogP contribution in [-0.4, -0.2) is 36.1 Å². The second-order valence-corrected chi connectivity index (χ2v) is 11.4. The number of carbonyl (C=O) groups is 2. The van der Waals surface area contributed by atoms with E-state index >= 15 is 0 Å². The Bertz CT molecular complexity index is 944. The molecule has 2 fully saturated rings. The molecular weight excluding hydrogens is 432 g/mol. The van der Waals surface area contributed by atoms with Crippen LogP contribution < -0.4 is 10.6 Å². The highest BCUT2D eigenvalue weighted by Gasteiger charge is 2.42. The van der Waals surface area contributed by atoms with Gasteiger partial charge in [-0.2, -0.15) is 0 Å². The Labute approximate surface area is 201 Å². The lowest BCUT2D eigenvalue weighted by molar-refractivity contribution is -0.123. The van der Waals surface area contributed by atoms with Gasteiger partial charge in [0.2, 0.25) is 11.8 Å². The van der Waals surface area contributed by atoms with Crippen LogP contribution in [0.4, 0.5) is 0 Å². The average molecular weight is 469 g/mol. The smallest absolute Gasteiger partial charge is 0.220 e. The molecule has 1 aromatic carbocycles. The third-order valence-corrected chi connectivity index (χ3v) is 8.18. The number of carbonyl (C=O) groups excluding carboxylic acids is 2. The van der Waals surface area contributed by atoms with Crippen molar-refractivity contribution in [1.29, 1.82) is 0 Å². The van der Waals surface area contributed by atoms with Gasteiger partial charge < -0.3 is 15.4 Å². The van der Waals surface area contributed by atoms with Gasteiger partial charge in [0.1, 0.15) is 0 Å². The molecule has 0 bridgehead atoms. The van der Waals surface area contributed by atoms with Gasteiger partial charge in [0.05, 0.1) is 5.60 Å². The normalized spacial score (nSPS) is 26.7. The minimum Gasteiger partial charge on any atom is -0.376 e. The van der Waals surface area contributed by atoms with Gasteiger partial charge in [-0.15, -0.1) is 11.3 Å². The van der Waals surface area contributed by atoms with E-state index in [9.17, 15) is 9.59 Å². The molecule has 178 valence electrons. The average Bonchev–Trinajstić information content (AvgIpc) is 3.42. The minimum atomic E-state index is -0.296. The van der Waals surface area contributed by atoms with Gasteiger partial charge in [0, 0.05) is 48.2 Å². The van der Waals surface area contributed by atoms with E-state index in [2.05, 4.69) is 66.3 Å². The molecule has 2 aliphatic rings. The van der Waals surface area contributed by atoms with E-state index in [4.69, 9.17) is 4.74 Å². The summed E-state index contributed by atoms with van der Waals surface area (Å²) in [6.45, 7) is 5.70. The summed E-state index contributed by atoms with van der Waals surface area (Å²) >= 11 is 1.71. The number of amides is 2. The van der Waals surface area contributed by atoms with E-state index in [1.54, 1.807) is 11.3 Å². The summed E-state index contributed by atoms with van der Waals surface area (Å²) in [5, 5.41) is 8.41. The topological polar surface area (TPSA) is 67.4 Å². The number of benzene rings is 1. The van der Waals surface area contributed by atoms with Crippen molar-refractivity contribution in [2.45, 2.75) is 81.8 Å². The molecule has 0 unspecified atom stereocenters. The Morgan fingerprint density at radius 3 is 2.61 bits per heavy atom. The highest BCUT2D eigenvalue weighted by molar-refractivity contribution is 7.09. The third-order valence-electron chi connectivity index (χ3n) is 7.31. The summed E-state index contributed by atoms with van der Waals surface area (Å²) in [5.41, 5.74) is 0.873. The molecule has 33 heavy (non-hydrogen) atoms. The Kier molecular flexibility index (Phi) is 7.25. The predicted molar refractivity (Wildman–Crippen MR) is 132 cm³/mol. The Balaban J connectivity index is 1.34. The van der Waals surface area contributed by atoms with Crippen LogP contribution >= 0.6 is 11.3 Å². The quantitative estimate of drug-likeness (QED) is 0.558. The fraction of sp³-hybridized carbons (Fsp3) is 0.556. The first-order chi connectivity index (χ1) is 15.8. The van der Waals surface area contributed by atoms with Crippen LogP contribution in [0.3, 0.4) is 0 Å². The highest BCUT2D eigenvalue weighted by Crippen LogP contribution is 2.43. The van der Waals surface area contributed by atoms with Crippen LogP contribution in [0, 0.1) is 0 Å². The van der Waals surface area contributed by atoms with Crippen LogP contribution in [0.5, 0.6) is 0 Å². The zero-order valence-electron chi connectivity index (χ0n) is 19.8. The molecule has 2 aliphatic heterocycles. The first-order valence-electron chi connectivity index (χ1n) is 12.1. The van der Waals surface area contributed by atoms with Gasteiger partial charge >= 0.3 is 0 Å². The van der Waals surface area contributed by atoms with Crippen molar-refractivity contribution in [1.82, 2.24) is 10.6 Å². The van der Waals surface area contributed by atoms with Crippen LogP contribution in [0.25, 0.3) is 0 Å². The molecular formula is C27H36N2O3S. The monoisotopic (exact) mass is 468 g/mol. The number of hydrogen-bond donors (Lipinski definition) is 2. The number of ether oxygens (including phenoxy) is 1. The van der Waals surface area contributed by atoms with Crippen molar-refractivity contribution >= 4 is 23.2 Å². The van der Waals surface area contributed by atoms with Gasteiger partial charge in [0.25, 0.3) is 0 Å². The summed E-state index contributed by atoms with van der Waals surface area (Å²) in [7, 11) is 0. The van der Waals surface area contributed by atoms with E-state index in [0.717, 1.165) is 38.7 Å². The fourth-order valence-electron chi connectivity index (χ4n) is 5.68. The first-order valence-corrected chi connectivity index (χ1v) is 13.0. The van der Waals surface area contributed by atoms with Crippen molar-refractivity contribution in [3.63, 3.8) is 0 Å². The Hall–Kier alpha value is -2.18. The summed E-state index contributed by atoms with van der Waals surface area (Å²) in [6.07, 6.45) is 6.05. The highest BCUT2D eigenvalue weighted by atomic mass is 32.1. The van der Waals surface area contributed by atoms with E-state index in [-0.39, 0.29) is 28.4 Å². The summed E-state index contributed by atoms with van der Waals surface area (Å²) in [6, 6.07) is 14.8. The fourth-order valence-corrected chi connectivity index (χ4v) is 6.53. The van der Waals surface area contributed by atoms with Crippen molar-refractivity contribution in [2.24, 2.45) is 0 Å². The van der Waals surface area contributed by atoms with Crippen molar-refractivity contribution in [3.05, 3.63) is 58.3 Å². The molecule has 5 nitrogen and oxygen atoms in total. The molecule has 0 aliphatic carbocycles. The zero-order chi connectivity index (χ0) is 23.4. The Morgan fingerprint density at radius 1 is 1.12 bits per heavy atom. The van der Waals surface area contributed by atoms with Crippen LogP contribution in [-0.2, 0) is 26.2 Å². The second-order valence-electron chi connectivity index (χ2n) is 10.4. The molecule has 2 N–H and O–H groups in total.